The molecule has 2 rings (SSSR count). The normalized spacial score (nSPS) is 16.6. The number of carbonyl (C=O) groups is 1. The van der Waals surface area contributed by atoms with Crippen LogP contribution in [-0.2, 0) is 11.2 Å². The zero-order valence-electron chi connectivity index (χ0n) is 9.91. The van der Waals surface area contributed by atoms with E-state index in [1.54, 1.807) is 0 Å². The van der Waals surface area contributed by atoms with Crippen LogP contribution in [0.3, 0.4) is 0 Å². The summed E-state index contributed by atoms with van der Waals surface area (Å²) in [5.74, 6) is 0.407. The van der Waals surface area contributed by atoms with Crippen LogP contribution in [0.25, 0.3) is 0 Å². The molecule has 1 heterocycles. The molecule has 0 saturated carbocycles. The predicted octanol–water partition coefficient (Wildman–Crippen LogP) is 2.81. The molecule has 1 saturated heterocycles. The van der Waals surface area contributed by atoms with Crippen molar-refractivity contribution in [3.05, 3.63) is 29.8 Å². The Morgan fingerprint density at radius 1 is 1.19 bits per heavy atom. The highest BCUT2D eigenvalue weighted by atomic mass is 16.1. The number of hydrogen-bond donors (Lipinski definition) is 0. The zero-order valence-corrected chi connectivity index (χ0v) is 9.91. The molecule has 0 atom stereocenters. The Morgan fingerprint density at radius 2 is 1.88 bits per heavy atom. The molecule has 1 aromatic rings. The topological polar surface area (TPSA) is 20.3 Å². The van der Waals surface area contributed by atoms with Gasteiger partial charge in [0.2, 0.25) is 0 Å². The van der Waals surface area contributed by atoms with Crippen molar-refractivity contribution in [2.24, 2.45) is 0 Å². The summed E-state index contributed by atoms with van der Waals surface area (Å²) in [6.07, 6.45) is 3.71. The van der Waals surface area contributed by atoms with Gasteiger partial charge in [0.1, 0.15) is 5.78 Å². The van der Waals surface area contributed by atoms with Gasteiger partial charge in [-0.25, -0.2) is 0 Å². The number of aryl methyl sites for hydroxylation is 1. The third-order valence-electron chi connectivity index (χ3n) is 3.17. The number of hydrogen-bond acceptors (Lipinski definition) is 2. The molecule has 0 spiro atoms. The van der Waals surface area contributed by atoms with E-state index in [9.17, 15) is 4.79 Å². The summed E-state index contributed by atoms with van der Waals surface area (Å²) in [6, 6.07) is 8.57. The molecular formula is C14H19NO. The first-order valence-electron chi connectivity index (χ1n) is 6.16. The van der Waals surface area contributed by atoms with Gasteiger partial charge in [-0.3, -0.25) is 4.79 Å². The van der Waals surface area contributed by atoms with Crippen molar-refractivity contribution in [2.45, 2.75) is 32.6 Å². The summed E-state index contributed by atoms with van der Waals surface area (Å²) in [4.78, 5) is 13.6. The van der Waals surface area contributed by atoms with Crippen molar-refractivity contribution in [1.29, 1.82) is 0 Å². The first-order chi connectivity index (χ1) is 7.81. The summed E-state index contributed by atoms with van der Waals surface area (Å²) in [7, 11) is 0. The average Bonchev–Trinajstić information content (AvgIpc) is 2.32. The second-order valence-electron chi connectivity index (χ2n) is 4.40. The minimum Gasteiger partial charge on any atom is -0.370 e. The molecule has 0 aromatic heterocycles. The molecule has 86 valence electrons. The lowest BCUT2D eigenvalue weighted by molar-refractivity contribution is -0.119. The van der Waals surface area contributed by atoms with Crippen LogP contribution in [0.15, 0.2) is 24.3 Å². The number of nitrogens with zero attached hydrogens (tertiary/aromatic N) is 1. The van der Waals surface area contributed by atoms with Crippen molar-refractivity contribution < 1.29 is 4.79 Å². The zero-order chi connectivity index (χ0) is 11.4. The fourth-order valence-corrected chi connectivity index (χ4v) is 2.30. The Hall–Kier alpha value is -1.31. The van der Waals surface area contributed by atoms with E-state index in [4.69, 9.17) is 0 Å². The van der Waals surface area contributed by atoms with Crippen LogP contribution in [0, 0.1) is 0 Å². The van der Waals surface area contributed by atoms with Crippen LogP contribution in [0.1, 0.15) is 31.7 Å². The molecule has 1 aliphatic heterocycles. The van der Waals surface area contributed by atoms with Gasteiger partial charge in [-0.15, -0.1) is 0 Å². The molecule has 0 unspecified atom stereocenters. The van der Waals surface area contributed by atoms with E-state index in [1.165, 1.54) is 17.7 Å². The number of ketones is 1. The third kappa shape index (κ3) is 2.43. The summed E-state index contributed by atoms with van der Waals surface area (Å²) in [5.41, 5.74) is 2.75. The second-order valence-corrected chi connectivity index (χ2v) is 4.40. The monoisotopic (exact) mass is 217 g/mol. The van der Waals surface area contributed by atoms with Crippen LogP contribution < -0.4 is 4.90 Å². The van der Waals surface area contributed by atoms with E-state index in [1.807, 2.05) is 0 Å². The quantitative estimate of drug-likeness (QED) is 0.776. The molecule has 0 radical (unpaired) electrons. The highest BCUT2D eigenvalue weighted by molar-refractivity contribution is 5.81. The van der Waals surface area contributed by atoms with Crippen molar-refractivity contribution >= 4 is 11.5 Å². The minimum atomic E-state index is 0.407. The fourth-order valence-electron chi connectivity index (χ4n) is 2.30. The molecular weight excluding hydrogens is 198 g/mol. The first kappa shape index (κ1) is 11.2. The van der Waals surface area contributed by atoms with Crippen LogP contribution in [0.4, 0.5) is 5.69 Å². The van der Waals surface area contributed by atoms with Gasteiger partial charge in [0.15, 0.2) is 0 Å². The van der Waals surface area contributed by atoms with Gasteiger partial charge in [-0.2, -0.15) is 0 Å². The van der Waals surface area contributed by atoms with E-state index in [-0.39, 0.29) is 0 Å². The van der Waals surface area contributed by atoms with E-state index >= 15 is 0 Å². The molecule has 1 aliphatic rings. The summed E-state index contributed by atoms with van der Waals surface area (Å²) >= 11 is 0. The standard InChI is InChI=1S/C14H19NO/c1-2-5-12-6-3-4-7-14(12)15-10-8-13(16)9-11-15/h3-4,6-7H,2,5,8-11H2,1H3. The lowest BCUT2D eigenvalue weighted by Gasteiger charge is -2.30. The highest BCUT2D eigenvalue weighted by Gasteiger charge is 2.17. The van der Waals surface area contributed by atoms with Gasteiger partial charge < -0.3 is 4.90 Å². The van der Waals surface area contributed by atoms with E-state index in [0.29, 0.717) is 18.6 Å². The average molecular weight is 217 g/mol. The maximum absolute atomic E-state index is 11.2. The SMILES string of the molecule is CCCc1ccccc1N1CCC(=O)CC1. The number of piperidine rings is 1. The highest BCUT2D eigenvalue weighted by Crippen LogP contribution is 2.24. The van der Waals surface area contributed by atoms with Crippen LogP contribution in [0.2, 0.25) is 0 Å². The maximum Gasteiger partial charge on any atom is 0.136 e. The molecule has 0 amide bonds. The Balaban J connectivity index is 2.16. The van der Waals surface area contributed by atoms with Crippen LogP contribution >= 0.6 is 0 Å². The first-order valence-corrected chi connectivity index (χ1v) is 6.16. The lowest BCUT2D eigenvalue weighted by Crippen LogP contribution is -2.34. The molecule has 0 bridgehead atoms. The molecule has 1 fully saturated rings. The van der Waals surface area contributed by atoms with E-state index < -0.39 is 0 Å². The number of anilines is 1. The molecule has 1 aromatic carbocycles. The van der Waals surface area contributed by atoms with Crippen molar-refractivity contribution in [1.82, 2.24) is 0 Å². The van der Waals surface area contributed by atoms with Crippen LogP contribution in [0.5, 0.6) is 0 Å². The Bertz CT molecular complexity index is 363. The molecule has 2 heteroatoms. The van der Waals surface area contributed by atoms with E-state index in [0.717, 1.165) is 19.5 Å². The Morgan fingerprint density at radius 3 is 2.56 bits per heavy atom. The molecule has 0 N–H and O–H groups in total. The Kier molecular flexibility index (Phi) is 3.60. The molecule has 16 heavy (non-hydrogen) atoms. The lowest BCUT2D eigenvalue weighted by atomic mass is 10.0. The summed E-state index contributed by atoms with van der Waals surface area (Å²) in [5, 5.41) is 0. The second kappa shape index (κ2) is 5.15. The van der Waals surface area contributed by atoms with E-state index in [2.05, 4.69) is 36.1 Å². The smallest absolute Gasteiger partial charge is 0.136 e. The maximum atomic E-state index is 11.2. The number of rotatable bonds is 3. The van der Waals surface area contributed by atoms with Gasteiger partial charge in [0, 0.05) is 31.6 Å². The minimum absolute atomic E-state index is 0.407. The van der Waals surface area contributed by atoms with Gasteiger partial charge in [0.25, 0.3) is 0 Å². The molecule has 0 aliphatic carbocycles. The van der Waals surface area contributed by atoms with Gasteiger partial charge in [-0.05, 0) is 18.1 Å². The number of carbonyl (C=O) groups excluding carboxylic acids is 1. The fraction of sp³-hybridized carbons (Fsp3) is 0.500. The van der Waals surface area contributed by atoms with Crippen molar-refractivity contribution in [2.75, 3.05) is 18.0 Å². The van der Waals surface area contributed by atoms with Gasteiger partial charge in [0.05, 0.1) is 0 Å². The van der Waals surface area contributed by atoms with Crippen LogP contribution in [-0.4, -0.2) is 18.9 Å². The van der Waals surface area contributed by atoms with Gasteiger partial charge in [-0.1, -0.05) is 31.5 Å². The molecule has 2 nitrogen and oxygen atoms in total. The number of Topliss-reactive ketones (excluding diaryl/α,β-unsaturated/α-hetero) is 1. The van der Waals surface area contributed by atoms with Crippen molar-refractivity contribution in [3.63, 3.8) is 0 Å². The summed E-state index contributed by atoms with van der Waals surface area (Å²) < 4.78 is 0. The van der Waals surface area contributed by atoms with Crippen molar-refractivity contribution in [3.8, 4) is 0 Å². The Labute approximate surface area is 97.3 Å². The number of para-hydroxylation sites is 1. The third-order valence-corrected chi connectivity index (χ3v) is 3.17. The number of benzene rings is 1. The summed E-state index contributed by atoms with van der Waals surface area (Å²) in [6.45, 7) is 3.98. The predicted molar refractivity (Wildman–Crippen MR) is 66.9 cm³/mol. The van der Waals surface area contributed by atoms with Gasteiger partial charge >= 0.3 is 0 Å². The largest absolute Gasteiger partial charge is 0.370 e.